The molecule has 1 heterocycles. The lowest BCUT2D eigenvalue weighted by Gasteiger charge is -2.16. The highest BCUT2D eigenvalue weighted by Crippen LogP contribution is 2.17. The standard InChI is InChI=1S/C19H18N4O4/c1-27-13-6-4-5-12(9-13)21-19(26)17(11-24)23-18(25)16-10-20-14-7-2-3-8-15(14)22-16/h2-10,17,24H,11H2,1H3,(H,21,26)(H,23,25)/t17-/m0/s1. The third-order valence-corrected chi connectivity index (χ3v) is 3.82. The molecule has 27 heavy (non-hydrogen) atoms. The number of nitrogens with zero attached hydrogens (tertiary/aromatic N) is 2. The van der Waals surface area contributed by atoms with E-state index in [0.717, 1.165) is 0 Å². The van der Waals surface area contributed by atoms with E-state index >= 15 is 0 Å². The molecule has 0 saturated carbocycles. The molecule has 138 valence electrons. The first-order valence-electron chi connectivity index (χ1n) is 8.19. The number of para-hydroxylation sites is 2. The molecule has 1 aromatic heterocycles. The Morgan fingerprint density at radius 1 is 1.15 bits per heavy atom. The fourth-order valence-corrected chi connectivity index (χ4v) is 2.42. The number of nitrogens with one attached hydrogen (secondary N) is 2. The Morgan fingerprint density at radius 2 is 1.93 bits per heavy atom. The van der Waals surface area contributed by atoms with Gasteiger partial charge in [-0.05, 0) is 24.3 Å². The lowest BCUT2D eigenvalue weighted by Crippen LogP contribution is -2.46. The summed E-state index contributed by atoms with van der Waals surface area (Å²) in [6.07, 6.45) is 1.33. The molecule has 2 aromatic carbocycles. The summed E-state index contributed by atoms with van der Waals surface area (Å²) in [6, 6.07) is 12.7. The minimum absolute atomic E-state index is 0.0568. The van der Waals surface area contributed by atoms with E-state index in [2.05, 4.69) is 20.6 Å². The summed E-state index contributed by atoms with van der Waals surface area (Å²) in [5.41, 5.74) is 1.76. The molecule has 0 unspecified atom stereocenters. The largest absolute Gasteiger partial charge is 0.497 e. The molecule has 0 fully saturated rings. The number of ether oxygens (including phenoxy) is 1. The van der Waals surface area contributed by atoms with E-state index in [1.807, 2.05) is 6.07 Å². The summed E-state index contributed by atoms with van der Waals surface area (Å²) >= 11 is 0. The van der Waals surface area contributed by atoms with Crippen LogP contribution in [0.4, 0.5) is 5.69 Å². The van der Waals surface area contributed by atoms with Gasteiger partial charge >= 0.3 is 0 Å². The van der Waals surface area contributed by atoms with E-state index in [0.29, 0.717) is 22.5 Å². The Kier molecular flexibility index (Phi) is 5.58. The third kappa shape index (κ3) is 4.36. The third-order valence-electron chi connectivity index (χ3n) is 3.82. The fourth-order valence-electron chi connectivity index (χ4n) is 2.42. The van der Waals surface area contributed by atoms with Crippen molar-refractivity contribution in [1.29, 1.82) is 0 Å². The van der Waals surface area contributed by atoms with Gasteiger partial charge in [-0.2, -0.15) is 0 Å². The summed E-state index contributed by atoms with van der Waals surface area (Å²) in [5.74, 6) is -0.593. The molecule has 0 radical (unpaired) electrons. The molecule has 0 saturated heterocycles. The second-order valence-electron chi connectivity index (χ2n) is 5.67. The van der Waals surface area contributed by atoms with Crippen LogP contribution in [-0.4, -0.2) is 46.6 Å². The van der Waals surface area contributed by atoms with Gasteiger partial charge in [0.05, 0.1) is 30.9 Å². The maximum Gasteiger partial charge on any atom is 0.272 e. The van der Waals surface area contributed by atoms with Crippen LogP contribution in [0.1, 0.15) is 10.5 Å². The molecule has 0 aliphatic carbocycles. The Morgan fingerprint density at radius 3 is 2.67 bits per heavy atom. The van der Waals surface area contributed by atoms with E-state index < -0.39 is 24.5 Å². The van der Waals surface area contributed by atoms with Crippen LogP contribution in [0.2, 0.25) is 0 Å². The van der Waals surface area contributed by atoms with Crippen molar-refractivity contribution >= 4 is 28.5 Å². The number of aliphatic hydroxyl groups excluding tert-OH is 1. The minimum atomic E-state index is -1.14. The monoisotopic (exact) mass is 366 g/mol. The molecule has 8 nitrogen and oxygen atoms in total. The summed E-state index contributed by atoms with van der Waals surface area (Å²) < 4.78 is 5.10. The van der Waals surface area contributed by atoms with Crippen LogP contribution in [-0.2, 0) is 4.79 Å². The van der Waals surface area contributed by atoms with Crippen LogP contribution in [0.5, 0.6) is 5.75 Å². The highest BCUT2D eigenvalue weighted by atomic mass is 16.5. The van der Waals surface area contributed by atoms with Crippen LogP contribution < -0.4 is 15.4 Å². The topological polar surface area (TPSA) is 113 Å². The van der Waals surface area contributed by atoms with E-state index in [9.17, 15) is 14.7 Å². The lowest BCUT2D eigenvalue weighted by molar-refractivity contribution is -0.118. The molecule has 2 amide bonds. The first-order chi connectivity index (χ1) is 13.1. The van der Waals surface area contributed by atoms with Crippen molar-refractivity contribution in [2.24, 2.45) is 0 Å². The number of amides is 2. The smallest absolute Gasteiger partial charge is 0.272 e. The number of rotatable bonds is 6. The molecule has 3 aromatic rings. The first kappa shape index (κ1) is 18.3. The van der Waals surface area contributed by atoms with Gasteiger partial charge in [-0.3, -0.25) is 14.6 Å². The van der Waals surface area contributed by atoms with Gasteiger partial charge in [0, 0.05) is 11.8 Å². The van der Waals surface area contributed by atoms with Crippen molar-refractivity contribution in [3.8, 4) is 5.75 Å². The number of carbonyl (C=O) groups excluding carboxylic acids is 2. The van der Waals surface area contributed by atoms with Crippen LogP contribution in [0.25, 0.3) is 11.0 Å². The molecular weight excluding hydrogens is 348 g/mol. The van der Waals surface area contributed by atoms with Gasteiger partial charge in [-0.1, -0.05) is 18.2 Å². The molecule has 0 aliphatic rings. The van der Waals surface area contributed by atoms with E-state index in [1.54, 1.807) is 42.5 Å². The highest BCUT2D eigenvalue weighted by molar-refractivity contribution is 6.01. The van der Waals surface area contributed by atoms with Crippen LogP contribution in [0.3, 0.4) is 0 Å². The fraction of sp³-hybridized carbons (Fsp3) is 0.158. The second-order valence-corrected chi connectivity index (χ2v) is 5.67. The van der Waals surface area contributed by atoms with Crippen LogP contribution >= 0.6 is 0 Å². The molecule has 0 spiro atoms. The number of methoxy groups -OCH3 is 1. The van der Waals surface area contributed by atoms with E-state index in [-0.39, 0.29) is 5.69 Å². The van der Waals surface area contributed by atoms with Crippen molar-refractivity contribution in [3.63, 3.8) is 0 Å². The van der Waals surface area contributed by atoms with Crippen molar-refractivity contribution in [1.82, 2.24) is 15.3 Å². The average Bonchev–Trinajstić information content (AvgIpc) is 2.71. The Labute approximate surface area is 155 Å². The Balaban J connectivity index is 1.70. The quantitative estimate of drug-likeness (QED) is 0.607. The summed E-state index contributed by atoms with van der Waals surface area (Å²) in [7, 11) is 1.52. The lowest BCUT2D eigenvalue weighted by atomic mass is 10.2. The van der Waals surface area contributed by atoms with Gasteiger partial charge < -0.3 is 20.5 Å². The van der Waals surface area contributed by atoms with Crippen molar-refractivity contribution in [3.05, 3.63) is 60.4 Å². The Bertz CT molecular complexity index is 977. The van der Waals surface area contributed by atoms with E-state index in [1.165, 1.54) is 13.3 Å². The Hall–Kier alpha value is -3.52. The molecule has 1 atom stereocenters. The summed E-state index contributed by atoms with van der Waals surface area (Å²) in [4.78, 5) is 33.1. The summed E-state index contributed by atoms with van der Waals surface area (Å²) in [6.45, 7) is -0.567. The summed E-state index contributed by atoms with van der Waals surface area (Å²) in [5, 5.41) is 14.6. The molecule has 8 heteroatoms. The van der Waals surface area contributed by atoms with Gasteiger partial charge in [-0.15, -0.1) is 0 Å². The van der Waals surface area contributed by atoms with E-state index in [4.69, 9.17) is 4.74 Å². The molecular formula is C19H18N4O4. The molecule has 0 bridgehead atoms. The number of fused-ring (bicyclic) bond motifs is 1. The number of anilines is 1. The number of aromatic nitrogens is 2. The van der Waals surface area contributed by atoms with Gasteiger partial charge in [0.2, 0.25) is 5.91 Å². The van der Waals surface area contributed by atoms with Crippen LogP contribution in [0, 0.1) is 0 Å². The second kappa shape index (κ2) is 8.24. The normalized spacial score (nSPS) is 11.6. The maximum atomic E-state index is 12.4. The molecule has 0 aliphatic heterocycles. The van der Waals surface area contributed by atoms with Gasteiger partial charge in [-0.25, -0.2) is 4.98 Å². The van der Waals surface area contributed by atoms with Crippen molar-refractivity contribution in [2.45, 2.75) is 6.04 Å². The van der Waals surface area contributed by atoms with Gasteiger partial charge in [0.25, 0.3) is 5.91 Å². The number of carbonyl (C=O) groups is 2. The number of benzene rings is 2. The van der Waals surface area contributed by atoms with Gasteiger partial charge in [0.15, 0.2) is 0 Å². The zero-order valence-electron chi connectivity index (χ0n) is 14.5. The first-order valence-corrected chi connectivity index (χ1v) is 8.19. The van der Waals surface area contributed by atoms with Gasteiger partial charge in [0.1, 0.15) is 17.5 Å². The number of hydrogen-bond donors (Lipinski definition) is 3. The predicted molar refractivity (Wildman–Crippen MR) is 99.5 cm³/mol. The van der Waals surface area contributed by atoms with Crippen molar-refractivity contribution in [2.75, 3.05) is 19.0 Å². The highest BCUT2D eigenvalue weighted by Gasteiger charge is 2.22. The number of aliphatic hydroxyl groups is 1. The van der Waals surface area contributed by atoms with Crippen molar-refractivity contribution < 1.29 is 19.4 Å². The average molecular weight is 366 g/mol. The molecule has 3 N–H and O–H groups in total. The van der Waals surface area contributed by atoms with Crippen LogP contribution in [0.15, 0.2) is 54.7 Å². The maximum absolute atomic E-state index is 12.4. The zero-order valence-corrected chi connectivity index (χ0v) is 14.5. The zero-order chi connectivity index (χ0) is 19.2. The SMILES string of the molecule is COc1cccc(NC(=O)[C@H](CO)NC(=O)c2cnc3ccccc3n2)c1. The molecule has 3 rings (SSSR count). The predicted octanol–water partition coefficient (Wildman–Crippen LogP) is 1.37. The number of hydrogen-bond acceptors (Lipinski definition) is 6. The minimum Gasteiger partial charge on any atom is -0.497 e.